The number of carbonyl (C=O) groups excluding carboxylic acids is 3. The van der Waals surface area contributed by atoms with Gasteiger partial charge in [-0.15, -0.1) is 0 Å². The third-order valence-electron chi connectivity index (χ3n) is 10.4. The maximum Gasteiger partial charge on any atom is 0.474 e. The molecule has 11 heteroatoms. The number of hydrogen-bond donors (Lipinski definition) is 1. The van der Waals surface area contributed by atoms with E-state index in [0.29, 0.717) is 12.8 Å². The van der Waals surface area contributed by atoms with Gasteiger partial charge >= 0.3 is 19.8 Å². The lowest BCUT2D eigenvalue weighted by atomic mass is 10.1. The Hall–Kier alpha value is -2.00. The van der Waals surface area contributed by atoms with Crippen LogP contribution in [-0.2, 0) is 42.0 Å². The third-order valence-corrected chi connectivity index (χ3v) is 11.8. The van der Waals surface area contributed by atoms with Crippen LogP contribution in [0.1, 0.15) is 214 Å². The molecule has 10 nitrogen and oxygen atoms in total. The van der Waals surface area contributed by atoms with E-state index >= 15 is 0 Å². The van der Waals surface area contributed by atoms with Gasteiger partial charge < -0.3 is 14.8 Å². The molecule has 0 radical (unpaired) electrons. The largest absolute Gasteiger partial charge is 0.474 e. The van der Waals surface area contributed by atoms with Crippen molar-refractivity contribution in [2.75, 3.05) is 33.5 Å². The van der Waals surface area contributed by atoms with Crippen LogP contribution in [0.4, 0.5) is 0 Å². The zero-order valence-electron chi connectivity index (χ0n) is 37.9. The number of ether oxygens (including phenoxy) is 2. The molecule has 3 atom stereocenters. The van der Waals surface area contributed by atoms with Crippen molar-refractivity contribution < 1.29 is 42.0 Å². The summed E-state index contributed by atoms with van der Waals surface area (Å²) < 4.78 is 40.1. The molecule has 0 aromatic carbocycles. The number of allylic oxidation sites excluding steroid dienone is 4. The van der Waals surface area contributed by atoms with Crippen molar-refractivity contribution in [3.8, 4) is 0 Å². The summed E-state index contributed by atoms with van der Waals surface area (Å²) >= 11 is 0. The molecule has 0 spiro atoms. The molecule has 0 aromatic rings. The maximum atomic E-state index is 13.1. The molecule has 2 unspecified atom stereocenters. The SMILES string of the molecule is CCCCCCCC/C=C\CCCCCCCC(=O)O[C@@H](COC(=O)CCCCCCC/C=C/CCCCCCCC)COP(=O)(OC)OCCNC(=O)C(C)CC. The minimum Gasteiger partial charge on any atom is -0.462 e. The number of esters is 2. The molecule has 0 aliphatic carbocycles. The molecule has 340 valence electrons. The number of phosphoric ester groups is 1. The van der Waals surface area contributed by atoms with Gasteiger partial charge in [0.1, 0.15) is 6.61 Å². The Labute approximate surface area is 355 Å². The van der Waals surface area contributed by atoms with Gasteiger partial charge in [-0.2, -0.15) is 0 Å². The molecule has 0 saturated heterocycles. The molecular formula is C47H88NO9P. The highest BCUT2D eigenvalue weighted by atomic mass is 31.2. The lowest BCUT2D eigenvalue weighted by Gasteiger charge is -2.21. The van der Waals surface area contributed by atoms with E-state index in [4.69, 9.17) is 23.0 Å². The van der Waals surface area contributed by atoms with Gasteiger partial charge in [0, 0.05) is 32.4 Å². The van der Waals surface area contributed by atoms with Gasteiger partial charge in [0.25, 0.3) is 0 Å². The average molecular weight is 842 g/mol. The number of carbonyl (C=O) groups is 3. The molecule has 1 amide bonds. The fraction of sp³-hybridized carbons (Fsp3) is 0.851. The molecule has 0 saturated carbocycles. The van der Waals surface area contributed by atoms with Crippen LogP contribution in [0.2, 0.25) is 0 Å². The molecule has 58 heavy (non-hydrogen) atoms. The summed E-state index contributed by atoms with van der Waals surface area (Å²) in [6.45, 7) is 7.70. The van der Waals surface area contributed by atoms with Gasteiger partial charge in [0.15, 0.2) is 6.10 Å². The van der Waals surface area contributed by atoms with E-state index in [0.717, 1.165) is 70.6 Å². The fourth-order valence-corrected chi connectivity index (χ4v) is 7.26. The fourth-order valence-electron chi connectivity index (χ4n) is 6.31. The number of hydrogen-bond acceptors (Lipinski definition) is 9. The Morgan fingerprint density at radius 3 is 1.45 bits per heavy atom. The highest BCUT2D eigenvalue weighted by molar-refractivity contribution is 7.48. The quantitative estimate of drug-likeness (QED) is 0.0276. The van der Waals surface area contributed by atoms with Crippen LogP contribution in [0.15, 0.2) is 24.3 Å². The van der Waals surface area contributed by atoms with E-state index in [2.05, 4.69) is 43.5 Å². The van der Waals surface area contributed by atoms with Gasteiger partial charge in [0.2, 0.25) is 5.91 Å². The summed E-state index contributed by atoms with van der Waals surface area (Å²) in [6, 6.07) is 0. The first-order valence-electron chi connectivity index (χ1n) is 23.6. The number of amides is 1. The molecule has 0 bridgehead atoms. The predicted molar refractivity (Wildman–Crippen MR) is 239 cm³/mol. The second kappa shape index (κ2) is 41.7. The zero-order valence-corrected chi connectivity index (χ0v) is 38.8. The first-order valence-corrected chi connectivity index (χ1v) is 25.0. The van der Waals surface area contributed by atoms with Crippen LogP contribution in [0.25, 0.3) is 0 Å². The van der Waals surface area contributed by atoms with Crippen molar-refractivity contribution >= 4 is 25.7 Å². The molecule has 0 rings (SSSR count). The summed E-state index contributed by atoms with van der Waals surface area (Å²) in [6.07, 6.45) is 39.9. The minimum atomic E-state index is -4.03. The number of rotatable bonds is 43. The van der Waals surface area contributed by atoms with Crippen LogP contribution in [-0.4, -0.2) is 57.4 Å². The third kappa shape index (κ3) is 37.0. The van der Waals surface area contributed by atoms with Crippen LogP contribution in [0.5, 0.6) is 0 Å². The summed E-state index contributed by atoms with van der Waals surface area (Å²) in [5, 5.41) is 2.73. The lowest BCUT2D eigenvalue weighted by molar-refractivity contribution is -0.161. The van der Waals surface area contributed by atoms with Crippen molar-refractivity contribution in [1.29, 1.82) is 0 Å². The second-order valence-corrected chi connectivity index (χ2v) is 17.6. The Kier molecular flexibility index (Phi) is 40.3. The van der Waals surface area contributed by atoms with Crippen molar-refractivity contribution in [2.45, 2.75) is 220 Å². The zero-order chi connectivity index (χ0) is 42.8. The Bertz CT molecular complexity index is 1080. The van der Waals surface area contributed by atoms with Crippen LogP contribution in [0, 0.1) is 5.92 Å². The number of unbranched alkanes of at least 4 members (excludes halogenated alkanes) is 22. The highest BCUT2D eigenvalue weighted by Crippen LogP contribution is 2.48. The van der Waals surface area contributed by atoms with E-state index < -0.39 is 19.9 Å². The van der Waals surface area contributed by atoms with Crippen molar-refractivity contribution in [1.82, 2.24) is 5.32 Å². The molecule has 0 aromatic heterocycles. The van der Waals surface area contributed by atoms with Crippen molar-refractivity contribution in [3.05, 3.63) is 24.3 Å². The van der Waals surface area contributed by atoms with E-state index in [1.165, 1.54) is 97.0 Å². The number of phosphoric acid groups is 1. The van der Waals surface area contributed by atoms with Crippen molar-refractivity contribution in [3.63, 3.8) is 0 Å². The van der Waals surface area contributed by atoms with E-state index in [-0.39, 0.29) is 57.0 Å². The summed E-state index contributed by atoms with van der Waals surface area (Å²) in [5.74, 6) is -1.08. The molecule has 0 aliphatic rings. The number of nitrogens with one attached hydrogen (secondary N) is 1. The van der Waals surface area contributed by atoms with Gasteiger partial charge in [-0.05, 0) is 70.6 Å². The topological polar surface area (TPSA) is 126 Å². The summed E-state index contributed by atoms with van der Waals surface area (Å²) in [7, 11) is -2.83. The van der Waals surface area contributed by atoms with Gasteiger partial charge in [-0.1, -0.05) is 155 Å². The van der Waals surface area contributed by atoms with Crippen LogP contribution < -0.4 is 5.32 Å². The second-order valence-electron chi connectivity index (χ2n) is 15.8. The van der Waals surface area contributed by atoms with Crippen LogP contribution in [0.3, 0.4) is 0 Å². The van der Waals surface area contributed by atoms with E-state index in [9.17, 15) is 18.9 Å². The average Bonchev–Trinajstić information content (AvgIpc) is 3.22. The standard InChI is InChI=1S/C47H88NO9P/c1-6-9-11-13-15-17-19-21-23-25-27-29-31-33-35-37-45(49)54-41-44(42-56-58(52,53-5)55-40-39-48-47(51)43(4)8-3)57-46(50)38-36-34-32-30-28-26-24-22-20-18-16-14-12-10-7-2/h21-24,43-44H,6-20,25-42H2,1-5H3,(H,48,51)/b23-21+,24-22-/t43?,44-,58?/m0/s1. The monoisotopic (exact) mass is 842 g/mol. The molecule has 0 heterocycles. The maximum absolute atomic E-state index is 13.1. The molecule has 0 aliphatic heterocycles. The predicted octanol–water partition coefficient (Wildman–Crippen LogP) is 13.5. The molecule has 0 fully saturated rings. The smallest absolute Gasteiger partial charge is 0.462 e. The van der Waals surface area contributed by atoms with Crippen molar-refractivity contribution in [2.24, 2.45) is 5.92 Å². The van der Waals surface area contributed by atoms with Gasteiger partial charge in [0.05, 0.1) is 13.2 Å². The lowest BCUT2D eigenvalue weighted by Crippen LogP contribution is -2.32. The Balaban J connectivity index is 4.60. The minimum absolute atomic E-state index is 0.0990. The first kappa shape index (κ1) is 56.0. The molecule has 1 N–H and O–H groups in total. The normalized spacial score (nSPS) is 13.8. The Morgan fingerprint density at radius 2 is 1.00 bits per heavy atom. The molecular weight excluding hydrogens is 753 g/mol. The highest BCUT2D eigenvalue weighted by Gasteiger charge is 2.29. The first-order chi connectivity index (χ1) is 28.2. The van der Waals surface area contributed by atoms with Crippen LogP contribution >= 0.6 is 7.82 Å². The van der Waals surface area contributed by atoms with E-state index in [1.807, 2.05) is 13.8 Å². The van der Waals surface area contributed by atoms with E-state index in [1.54, 1.807) is 0 Å². The summed E-state index contributed by atoms with van der Waals surface area (Å²) in [4.78, 5) is 37.4. The Morgan fingerprint density at radius 1 is 0.569 bits per heavy atom. The summed E-state index contributed by atoms with van der Waals surface area (Å²) in [5.41, 5.74) is 0. The van der Waals surface area contributed by atoms with Gasteiger partial charge in [-0.3, -0.25) is 28.0 Å². The van der Waals surface area contributed by atoms with Gasteiger partial charge in [-0.25, -0.2) is 4.57 Å².